The summed E-state index contributed by atoms with van der Waals surface area (Å²) in [6.07, 6.45) is 1.02. The molecule has 0 aliphatic rings. The maximum Gasteiger partial charge on any atom is 0.433 e. The molecule has 0 saturated carbocycles. The van der Waals surface area contributed by atoms with E-state index in [0.29, 0.717) is 28.6 Å². The van der Waals surface area contributed by atoms with Gasteiger partial charge in [-0.3, -0.25) is 14.9 Å². The molecule has 2 aromatic carbocycles. The Morgan fingerprint density at radius 1 is 1.19 bits per heavy atom. The van der Waals surface area contributed by atoms with Gasteiger partial charge in [-0.15, -0.1) is 0 Å². The van der Waals surface area contributed by atoms with E-state index < -0.39 is 16.7 Å². The minimum absolute atomic E-state index is 0.201. The van der Waals surface area contributed by atoms with Crippen LogP contribution >= 0.6 is 11.6 Å². The minimum Gasteiger partial charge on any atom is -0.436 e. The number of furan rings is 1. The van der Waals surface area contributed by atoms with Gasteiger partial charge < -0.3 is 14.2 Å². The molecule has 1 atom stereocenters. The molecule has 1 amide bonds. The van der Waals surface area contributed by atoms with Crippen LogP contribution in [0.15, 0.2) is 57.4 Å². The van der Waals surface area contributed by atoms with Crippen molar-refractivity contribution in [3.8, 4) is 11.5 Å². The number of oxazole rings is 1. The lowest BCUT2D eigenvalue weighted by atomic mass is 9.98. The molecule has 0 aliphatic heterocycles. The predicted octanol–water partition coefficient (Wildman–Crippen LogP) is 6.42. The third-order valence-corrected chi connectivity index (χ3v) is 5.38. The lowest BCUT2D eigenvalue weighted by molar-refractivity contribution is -0.402. The Morgan fingerprint density at radius 2 is 2.00 bits per heavy atom. The molecule has 2 heterocycles. The van der Waals surface area contributed by atoms with Gasteiger partial charge in [-0.05, 0) is 54.3 Å². The van der Waals surface area contributed by atoms with Crippen molar-refractivity contribution in [3.05, 3.63) is 75.0 Å². The molecule has 0 saturated heterocycles. The maximum atomic E-state index is 12.4. The van der Waals surface area contributed by atoms with Crippen LogP contribution in [-0.2, 0) is 0 Å². The highest BCUT2D eigenvalue weighted by atomic mass is 35.5. The lowest BCUT2D eigenvalue weighted by Crippen LogP contribution is -2.11. The Kier molecular flexibility index (Phi) is 5.48. The smallest absolute Gasteiger partial charge is 0.433 e. The van der Waals surface area contributed by atoms with Gasteiger partial charge in [0.25, 0.3) is 5.91 Å². The second-order valence-electron chi connectivity index (χ2n) is 7.10. The van der Waals surface area contributed by atoms with Gasteiger partial charge in [0.05, 0.1) is 16.8 Å². The first-order valence-corrected chi connectivity index (χ1v) is 9.99. The molecule has 8 nitrogen and oxygen atoms in total. The SMILES string of the molecule is CC[C@@H](C)c1ccc2oc(-c3ccc(Cl)c(NC(=O)c4ccc([N+](=O)[O-])o4)c3)nc2c1. The van der Waals surface area contributed by atoms with Crippen molar-refractivity contribution in [2.24, 2.45) is 0 Å². The highest BCUT2D eigenvalue weighted by molar-refractivity contribution is 6.34. The van der Waals surface area contributed by atoms with Crippen LogP contribution in [0.4, 0.5) is 11.6 Å². The number of halogens is 1. The fourth-order valence-corrected chi connectivity index (χ4v) is 3.26. The summed E-state index contributed by atoms with van der Waals surface area (Å²) in [6, 6.07) is 13.2. The first kappa shape index (κ1) is 20.6. The Bertz CT molecular complexity index is 1290. The molecule has 0 bridgehead atoms. The molecule has 9 heteroatoms. The Balaban J connectivity index is 1.62. The Labute approximate surface area is 182 Å². The molecule has 31 heavy (non-hydrogen) atoms. The highest BCUT2D eigenvalue weighted by Crippen LogP contribution is 2.32. The van der Waals surface area contributed by atoms with Crippen molar-refractivity contribution in [2.75, 3.05) is 5.32 Å². The number of carbonyl (C=O) groups is 1. The molecule has 4 aromatic rings. The zero-order valence-electron chi connectivity index (χ0n) is 16.7. The summed E-state index contributed by atoms with van der Waals surface area (Å²) in [5.74, 6) is -0.583. The Morgan fingerprint density at radius 3 is 2.71 bits per heavy atom. The van der Waals surface area contributed by atoms with E-state index in [1.807, 2.05) is 18.2 Å². The number of carbonyl (C=O) groups excluding carboxylic acids is 1. The van der Waals surface area contributed by atoms with Gasteiger partial charge in [0.15, 0.2) is 11.3 Å². The van der Waals surface area contributed by atoms with Gasteiger partial charge in [0, 0.05) is 5.56 Å². The molecule has 158 valence electrons. The molecular weight excluding hydrogens is 422 g/mol. The average Bonchev–Trinajstić information content (AvgIpc) is 3.41. The molecule has 1 N–H and O–H groups in total. The number of nitro groups is 1. The number of aromatic nitrogens is 1. The van der Waals surface area contributed by atoms with Gasteiger partial charge in [0.1, 0.15) is 10.4 Å². The monoisotopic (exact) mass is 439 g/mol. The third-order valence-electron chi connectivity index (χ3n) is 5.05. The summed E-state index contributed by atoms with van der Waals surface area (Å²) in [5.41, 5.74) is 3.50. The zero-order chi connectivity index (χ0) is 22.1. The molecular formula is C22H18ClN3O5. The van der Waals surface area contributed by atoms with Crippen molar-refractivity contribution >= 4 is 40.2 Å². The maximum absolute atomic E-state index is 12.4. The second kappa shape index (κ2) is 8.23. The topological polar surface area (TPSA) is 111 Å². The summed E-state index contributed by atoms with van der Waals surface area (Å²) in [4.78, 5) is 27.0. The van der Waals surface area contributed by atoms with Crippen molar-refractivity contribution in [3.63, 3.8) is 0 Å². The van der Waals surface area contributed by atoms with Crippen molar-refractivity contribution in [2.45, 2.75) is 26.2 Å². The van der Waals surface area contributed by atoms with Gasteiger partial charge in [-0.1, -0.05) is 31.5 Å². The fraction of sp³-hybridized carbons (Fsp3) is 0.182. The van der Waals surface area contributed by atoms with Gasteiger partial charge in [-0.25, -0.2) is 4.98 Å². The number of hydrogen-bond acceptors (Lipinski definition) is 6. The summed E-state index contributed by atoms with van der Waals surface area (Å²) in [7, 11) is 0. The van der Waals surface area contributed by atoms with Crippen molar-refractivity contribution in [1.29, 1.82) is 0 Å². The van der Waals surface area contributed by atoms with E-state index in [-0.39, 0.29) is 10.8 Å². The molecule has 2 aromatic heterocycles. The van der Waals surface area contributed by atoms with Crippen LogP contribution in [0.5, 0.6) is 0 Å². The number of benzene rings is 2. The van der Waals surface area contributed by atoms with Crippen molar-refractivity contribution in [1.82, 2.24) is 4.98 Å². The molecule has 0 fully saturated rings. The van der Waals surface area contributed by atoms with E-state index in [0.717, 1.165) is 18.0 Å². The summed E-state index contributed by atoms with van der Waals surface area (Å²) in [6.45, 7) is 4.29. The van der Waals surface area contributed by atoms with E-state index in [4.69, 9.17) is 20.4 Å². The predicted molar refractivity (Wildman–Crippen MR) is 116 cm³/mol. The van der Waals surface area contributed by atoms with E-state index in [1.165, 1.54) is 11.6 Å². The van der Waals surface area contributed by atoms with Crippen LogP contribution < -0.4 is 5.32 Å². The van der Waals surface area contributed by atoms with Crippen LogP contribution in [-0.4, -0.2) is 15.8 Å². The fourth-order valence-electron chi connectivity index (χ4n) is 3.10. The molecule has 0 unspecified atom stereocenters. The summed E-state index contributed by atoms with van der Waals surface area (Å²) >= 11 is 6.22. The van der Waals surface area contributed by atoms with E-state index in [2.05, 4.69) is 24.1 Å². The molecule has 0 aliphatic carbocycles. The first-order chi connectivity index (χ1) is 14.9. The number of nitrogens with zero attached hydrogens (tertiary/aromatic N) is 2. The normalized spacial score (nSPS) is 12.1. The standard InChI is InChI=1S/C22H18ClN3O5/c1-3-12(2)13-5-7-18-17(10-13)25-22(31-18)14-4-6-15(23)16(11-14)24-21(27)19-8-9-20(30-19)26(28)29/h4-12H,3H2,1-2H3,(H,24,27)/t12-/m1/s1. The number of rotatable bonds is 6. The van der Waals surface area contributed by atoms with Gasteiger partial charge in [0.2, 0.25) is 5.89 Å². The summed E-state index contributed by atoms with van der Waals surface area (Å²) in [5, 5.41) is 13.6. The van der Waals surface area contributed by atoms with Crippen LogP contribution in [0.2, 0.25) is 5.02 Å². The molecule has 0 spiro atoms. The number of hydrogen-bond donors (Lipinski definition) is 1. The molecule has 0 radical (unpaired) electrons. The lowest BCUT2D eigenvalue weighted by Gasteiger charge is -2.07. The van der Waals surface area contributed by atoms with Crippen molar-refractivity contribution < 1.29 is 18.6 Å². The zero-order valence-corrected chi connectivity index (χ0v) is 17.5. The van der Waals surface area contributed by atoms with Gasteiger partial charge in [-0.2, -0.15) is 0 Å². The van der Waals surface area contributed by atoms with E-state index in [1.54, 1.807) is 18.2 Å². The van der Waals surface area contributed by atoms with Gasteiger partial charge >= 0.3 is 5.88 Å². The minimum atomic E-state index is -0.718. The number of fused-ring (bicyclic) bond motifs is 1. The largest absolute Gasteiger partial charge is 0.436 e. The third kappa shape index (κ3) is 4.15. The van der Waals surface area contributed by atoms with E-state index >= 15 is 0 Å². The number of amides is 1. The van der Waals surface area contributed by atoms with Crippen LogP contribution in [0, 0.1) is 10.1 Å². The van der Waals surface area contributed by atoms with Crippen LogP contribution in [0.1, 0.15) is 42.3 Å². The Hall–Kier alpha value is -3.65. The highest BCUT2D eigenvalue weighted by Gasteiger charge is 2.19. The average molecular weight is 440 g/mol. The number of nitrogens with one attached hydrogen (secondary N) is 1. The second-order valence-corrected chi connectivity index (χ2v) is 7.51. The molecule has 4 rings (SSSR count). The van der Waals surface area contributed by atoms with Crippen LogP contribution in [0.3, 0.4) is 0 Å². The quantitative estimate of drug-likeness (QED) is 0.274. The van der Waals surface area contributed by atoms with Crippen LogP contribution in [0.25, 0.3) is 22.6 Å². The first-order valence-electron chi connectivity index (χ1n) is 9.61. The van der Waals surface area contributed by atoms with E-state index in [9.17, 15) is 14.9 Å². The summed E-state index contributed by atoms with van der Waals surface area (Å²) < 4.78 is 10.8. The number of anilines is 1.